The van der Waals surface area contributed by atoms with Crippen molar-refractivity contribution in [1.29, 1.82) is 0 Å². The zero-order chi connectivity index (χ0) is 15.5. The van der Waals surface area contributed by atoms with E-state index >= 15 is 0 Å². The first-order chi connectivity index (χ1) is 9.15. The molecule has 1 rings (SSSR count). The van der Waals surface area contributed by atoms with E-state index in [0.717, 1.165) is 9.21 Å². The van der Waals surface area contributed by atoms with Crippen LogP contribution in [0.15, 0.2) is 0 Å². The lowest BCUT2D eigenvalue weighted by atomic mass is 10.2. The third-order valence-electron chi connectivity index (χ3n) is 3.02. The first kappa shape index (κ1) is 16.7. The Morgan fingerprint density at radius 1 is 1.40 bits per heavy atom. The van der Waals surface area contributed by atoms with E-state index in [4.69, 9.17) is 5.11 Å². The van der Waals surface area contributed by atoms with E-state index in [1.54, 1.807) is 0 Å². The molecule has 10 heteroatoms. The van der Waals surface area contributed by atoms with E-state index < -0.39 is 34.2 Å². The summed E-state index contributed by atoms with van der Waals surface area (Å²) in [4.78, 5) is 23.7. The molecule has 1 fully saturated rings. The molecule has 1 aliphatic rings. The van der Waals surface area contributed by atoms with Gasteiger partial charge in [0.2, 0.25) is 10.0 Å². The molecule has 1 saturated heterocycles. The van der Waals surface area contributed by atoms with Gasteiger partial charge in [-0.1, -0.05) is 0 Å². The van der Waals surface area contributed by atoms with Gasteiger partial charge < -0.3 is 20.4 Å². The quantitative estimate of drug-likeness (QED) is 0.545. The summed E-state index contributed by atoms with van der Waals surface area (Å²) in [6.45, 7) is -0.207. The normalized spacial score (nSPS) is 23.1. The maximum atomic E-state index is 11.8. The van der Waals surface area contributed by atoms with Gasteiger partial charge in [-0.15, -0.1) is 0 Å². The lowest BCUT2D eigenvalue weighted by Crippen LogP contribution is -2.47. The van der Waals surface area contributed by atoms with Crippen LogP contribution >= 0.6 is 0 Å². The molecule has 1 aliphatic heterocycles. The van der Waals surface area contributed by atoms with Crippen LogP contribution in [0.25, 0.3) is 0 Å². The van der Waals surface area contributed by atoms with E-state index in [1.165, 1.54) is 14.1 Å². The number of aliphatic hydroxyl groups is 1. The number of nitrogens with one attached hydrogen (secondary N) is 1. The van der Waals surface area contributed by atoms with E-state index in [2.05, 4.69) is 5.32 Å². The van der Waals surface area contributed by atoms with Crippen molar-refractivity contribution in [3.8, 4) is 0 Å². The lowest BCUT2D eigenvalue weighted by Gasteiger charge is -2.21. The first-order valence-corrected chi connectivity index (χ1v) is 7.61. The van der Waals surface area contributed by atoms with E-state index in [9.17, 15) is 23.1 Å². The summed E-state index contributed by atoms with van der Waals surface area (Å²) >= 11 is 0. The molecule has 0 unspecified atom stereocenters. The van der Waals surface area contributed by atoms with Gasteiger partial charge in [0.1, 0.15) is 6.04 Å². The Kier molecular flexibility index (Phi) is 5.31. The summed E-state index contributed by atoms with van der Waals surface area (Å²) < 4.78 is 24.0. The first-order valence-electron chi connectivity index (χ1n) is 6.00. The molecule has 9 nitrogen and oxygen atoms in total. The molecule has 0 aromatic rings. The average molecular weight is 309 g/mol. The molecule has 3 N–H and O–H groups in total. The van der Waals surface area contributed by atoms with E-state index in [0.29, 0.717) is 0 Å². The molecular weight excluding hydrogens is 290 g/mol. The Balaban J connectivity index is 2.53. The highest BCUT2D eigenvalue weighted by Gasteiger charge is 2.38. The van der Waals surface area contributed by atoms with Crippen LogP contribution in [0.3, 0.4) is 0 Å². The number of urea groups is 1. The fourth-order valence-corrected chi connectivity index (χ4v) is 2.57. The molecule has 2 amide bonds. The number of carbonyl (C=O) groups excluding carboxylic acids is 1. The van der Waals surface area contributed by atoms with Crippen LogP contribution in [0, 0.1) is 0 Å². The summed E-state index contributed by atoms with van der Waals surface area (Å²) in [7, 11) is -0.657. The number of amides is 2. The Bertz CT molecular complexity index is 477. The van der Waals surface area contributed by atoms with Crippen molar-refractivity contribution in [2.24, 2.45) is 0 Å². The van der Waals surface area contributed by atoms with Crippen LogP contribution < -0.4 is 5.32 Å². The number of carbonyl (C=O) groups is 2. The minimum atomic E-state index is -3.42. The Labute approximate surface area is 117 Å². The number of carboxylic acids is 1. The predicted molar refractivity (Wildman–Crippen MR) is 69.6 cm³/mol. The second-order valence-corrected chi connectivity index (χ2v) is 7.03. The van der Waals surface area contributed by atoms with Crippen molar-refractivity contribution in [3.63, 3.8) is 0 Å². The minimum absolute atomic E-state index is 0.0290. The molecule has 0 aliphatic carbocycles. The predicted octanol–water partition coefficient (Wildman–Crippen LogP) is -1.89. The number of β-amino-alcohol motifs (C(OH)–C–C–N with tert-alkyl or cyclic N) is 1. The molecule has 20 heavy (non-hydrogen) atoms. The Morgan fingerprint density at radius 2 is 2.00 bits per heavy atom. The minimum Gasteiger partial charge on any atom is -0.480 e. The summed E-state index contributed by atoms with van der Waals surface area (Å²) in [5, 5.41) is 20.7. The highest BCUT2D eigenvalue weighted by Crippen LogP contribution is 2.17. The molecule has 0 saturated carbocycles. The molecule has 0 spiro atoms. The van der Waals surface area contributed by atoms with Crippen LogP contribution in [0.4, 0.5) is 4.79 Å². The van der Waals surface area contributed by atoms with Crippen molar-refractivity contribution in [1.82, 2.24) is 14.5 Å². The van der Waals surface area contributed by atoms with Gasteiger partial charge in [-0.2, -0.15) is 0 Å². The van der Waals surface area contributed by atoms with Gasteiger partial charge in [-0.3, -0.25) is 0 Å². The second kappa shape index (κ2) is 6.37. The number of likely N-dealkylation sites (tertiary alicyclic amines) is 1. The number of carboxylic acid groups (broad SMARTS) is 1. The van der Waals surface area contributed by atoms with Crippen LogP contribution in [-0.2, 0) is 14.8 Å². The van der Waals surface area contributed by atoms with Gasteiger partial charge in [-0.25, -0.2) is 22.3 Å². The SMILES string of the molecule is CN(C)S(=O)(=O)CCNC(=O)N1C[C@H](O)C[C@H]1C(=O)O. The van der Waals surface area contributed by atoms with E-state index in [1.807, 2.05) is 0 Å². The summed E-state index contributed by atoms with van der Waals surface area (Å²) in [6.07, 6.45) is -0.911. The molecule has 0 aromatic carbocycles. The summed E-state index contributed by atoms with van der Waals surface area (Å²) in [5.74, 6) is -1.47. The maximum absolute atomic E-state index is 11.8. The van der Waals surface area contributed by atoms with Crippen molar-refractivity contribution in [2.75, 3.05) is 32.9 Å². The maximum Gasteiger partial charge on any atom is 0.326 e. The van der Waals surface area contributed by atoms with Crippen molar-refractivity contribution in [3.05, 3.63) is 0 Å². The third kappa shape index (κ3) is 4.05. The van der Waals surface area contributed by atoms with Crippen molar-refractivity contribution < 1.29 is 28.2 Å². The summed E-state index contributed by atoms with van der Waals surface area (Å²) in [5.41, 5.74) is 0. The zero-order valence-corrected chi connectivity index (χ0v) is 12.1. The van der Waals surface area contributed by atoms with Gasteiger partial charge >= 0.3 is 12.0 Å². The average Bonchev–Trinajstić information content (AvgIpc) is 2.71. The second-order valence-electron chi connectivity index (χ2n) is 4.73. The standard InChI is InChI=1S/C10H19N3O6S/c1-12(2)20(18,19)4-3-11-10(17)13-6-7(14)5-8(13)9(15)16/h7-8,14H,3-6H2,1-2H3,(H,11,17)(H,15,16)/t7-,8+/m1/s1. The topological polar surface area (TPSA) is 127 Å². The number of sulfonamides is 1. The number of aliphatic hydroxyl groups excluding tert-OH is 1. The number of hydrogen-bond acceptors (Lipinski definition) is 5. The third-order valence-corrected chi connectivity index (χ3v) is 4.85. The fourth-order valence-electron chi connectivity index (χ4n) is 1.84. The molecule has 0 radical (unpaired) electrons. The van der Waals surface area contributed by atoms with Crippen LogP contribution in [-0.4, -0.2) is 84.9 Å². The Morgan fingerprint density at radius 3 is 2.50 bits per heavy atom. The van der Waals surface area contributed by atoms with E-state index in [-0.39, 0.29) is 25.3 Å². The van der Waals surface area contributed by atoms with Gasteiger partial charge in [0, 0.05) is 33.6 Å². The van der Waals surface area contributed by atoms with Gasteiger partial charge in [0.15, 0.2) is 0 Å². The largest absolute Gasteiger partial charge is 0.480 e. The van der Waals surface area contributed by atoms with Crippen LogP contribution in [0.5, 0.6) is 0 Å². The molecular formula is C10H19N3O6S. The zero-order valence-electron chi connectivity index (χ0n) is 11.3. The van der Waals surface area contributed by atoms with Gasteiger partial charge in [-0.05, 0) is 0 Å². The molecule has 2 atom stereocenters. The smallest absolute Gasteiger partial charge is 0.326 e. The number of aliphatic carboxylic acids is 1. The van der Waals surface area contributed by atoms with Crippen molar-refractivity contribution in [2.45, 2.75) is 18.6 Å². The highest BCUT2D eigenvalue weighted by molar-refractivity contribution is 7.89. The molecule has 0 bridgehead atoms. The number of nitrogens with zero attached hydrogens (tertiary/aromatic N) is 2. The van der Waals surface area contributed by atoms with Crippen LogP contribution in [0.2, 0.25) is 0 Å². The molecule has 116 valence electrons. The number of rotatable bonds is 5. The van der Waals surface area contributed by atoms with Gasteiger partial charge in [0.25, 0.3) is 0 Å². The summed E-state index contributed by atoms with van der Waals surface area (Å²) in [6, 6.07) is -1.78. The highest BCUT2D eigenvalue weighted by atomic mass is 32.2. The number of hydrogen-bond donors (Lipinski definition) is 3. The van der Waals surface area contributed by atoms with Crippen LogP contribution in [0.1, 0.15) is 6.42 Å². The monoisotopic (exact) mass is 309 g/mol. The van der Waals surface area contributed by atoms with Gasteiger partial charge in [0.05, 0.1) is 11.9 Å². The lowest BCUT2D eigenvalue weighted by molar-refractivity contribution is -0.141. The fraction of sp³-hybridized carbons (Fsp3) is 0.800. The van der Waals surface area contributed by atoms with Crippen molar-refractivity contribution >= 4 is 22.0 Å². The molecule has 0 aromatic heterocycles. The Hall–Kier alpha value is -1.39. The molecule has 1 heterocycles.